The second kappa shape index (κ2) is 3.58. The van der Waals surface area contributed by atoms with Gasteiger partial charge in [-0.05, 0) is 17.7 Å². The number of benzene rings is 2. The van der Waals surface area contributed by atoms with Gasteiger partial charge in [0, 0.05) is 11.6 Å². The summed E-state index contributed by atoms with van der Waals surface area (Å²) >= 11 is 0. The SMILES string of the molecule is Fc1cccc(-c2ccc[c]c2F)c1. The van der Waals surface area contributed by atoms with Crippen molar-refractivity contribution in [2.24, 2.45) is 0 Å². The second-order valence-corrected chi connectivity index (χ2v) is 2.91. The van der Waals surface area contributed by atoms with Crippen LogP contribution in [0.1, 0.15) is 0 Å². The lowest BCUT2D eigenvalue weighted by Crippen LogP contribution is -1.84. The van der Waals surface area contributed by atoms with E-state index in [4.69, 9.17) is 0 Å². The lowest BCUT2D eigenvalue weighted by atomic mass is 10.1. The number of hydrogen-bond donors (Lipinski definition) is 0. The Bertz CT molecular complexity index is 450. The third kappa shape index (κ3) is 1.64. The Hall–Kier alpha value is -1.70. The van der Waals surface area contributed by atoms with Gasteiger partial charge in [-0.25, -0.2) is 8.78 Å². The Morgan fingerprint density at radius 1 is 1.00 bits per heavy atom. The Morgan fingerprint density at radius 2 is 1.86 bits per heavy atom. The zero-order chi connectivity index (χ0) is 9.97. The van der Waals surface area contributed by atoms with Gasteiger partial charge in [0.2, 0.25) is 0 Å². The molecule has 0 aliphatic carbocycles. The molecular weight excluding hydrogens is 182 g/mol. The van der Waals surface area contributed by atoms with Crippen molar-refractivity contribution in [3.8, 4) is 11.1 Å². The molecule has 2 aromatic carbocycles. The van der Waals surface area contributed by atoms with E-state index in [1.54, 1.807) is 24.3 Å². The summed E-state index contributed by atoms with van der Waals surface area (Å²) in [5.74, 6) is -0.830. The average molecular weight is 189 g/mol. The first-order valence-corrected chi connectivity index (χ1v) is 4.19. The molecule has 0 spiro atoms. The first-order chi connectivity index (χ1) is 6.77. The first-order valence-electron chi connectivity index (χ1n) is 4.19. The van der Waals surface area contributed by atoms with Crippen molar-refractivity contribution in [2.45, 2.75) is 0 Å². The summed E-state index contributed by atoms with van der Waals surface area (Å²) in [6.45, 7) is 0. The summed E-state index contributed by atoms with van der Waals surface area (Å²) in [5, 5.41) is 0. The third-order valence-electron chi connectivity index (χ3n) is 1.94. The van der Waals surface area contributed by atoms with E-state index in [-0.39, 0.29) is 5.82 Å². The standard InChI is InChI=1S/C12H7F2/c13-10-5-3-4-9(8-10)11-6-1-2-7-12(11)14/h1-6,8H. The van der Waals surface area contributed by atoms with E-state index in [0.717, 1.165) is 0 Å². The molecule has 0 fully saturated rings. The van der Waals surface area contributed by atoms with Gasteiger partial charge in [-0.15, -0.1) is 0 Å². The van der Waals surface area contributed by atoms with E-state index in [1.165, 1.54) is 18.2 Å². The number of halogens is 2. The summed E-state index contributed by atoms with van der Waals surface area (Å²) < 4.78 is 26.1. The van der Waals surface area contributed by atoms with Crippen LogP contribution in [-0.4, -0.2) is 0 Å². The molecule has 14 heavy (non-hydrogen) atoms. The minimum atomic E-state index is -0.460. The zero-order valence-electron chi connectivity index (χ0n) is 7.30. The van der Waals surface area contributed by atoms with Gasteiger partial charge in [0.1, 0.15) is 11.6 Å². The molecule has 0 saturated carbocycles. The van der Waals surface area contributed by atoms with E-state index in [0.29, 0.717) is 11.1 Å². The molecule has 69 valence electrons. The monoisotopic (exact) mass is 189 g/mol. The van der Waals surface area contributed by atoms with Crippen molar-refractivity contribution in [3.63, 3.8) is 0 Å². The number of hydrogen-bond acceptors (Lipinski definition) is 0. The molecule has 0 nitrogen and oxygen atoms in total. The molecule has 0 amide bonds. The largest absolute Gasteiger partial charge is 0.207 e. The van der Waals surface area contributed by atoms with Crippen molar-refractivity contribution in [3.05, 3.63) is 60.2 Å². The van der Waals surface area contributed by atoms with Crippen LogP contribution in [0.15, 0.2) is 42.5 Å². The van der Waals surface area contributed by atoms with Crippen molar-refractivity contribution in [2.75, 3.05) is 0 Å². The second-order valence-electron chi connectivity index (χ2n) is 2.91. The average Bonchev–Trinajstić information content (AvgIpc) is 2.18. The highest BCUT2D eigenvalue weighted by Crippen LogP contribution is 2.22. The van der Waals surface area contributed by atoms with E-state index < -0.39 is 5.82 Å². The van der Waals surface area contributed by atoms with Crippen LogP contribution in [-0.2, 0) is 0 Å². The lowest BCUT2D eigenvalue weighted by Gasteiger charge is -2.02. The molecular formula is C12H7F2. The molecule has 1 radical (unpaired) electrons. The quantitative estimate of drug-likeness (QED) is 0.644. The van der Waals surface area contributed by atoms with Crippen LogP contribution in [0.3, 0.4) is 0 Å². The van der Waals surface area contributed by atoms with Gasteiger partial charge in [-0.3, -0.25) is 0 Å². The predicted molar refractivity (Wildman–Crippen MR) is 50.6 cm³/mol. The Kier molecular flexibility index (Phi) is 2.27. The Labute approximate surface area is 80.8 Å². The van der Waals surface area contributed by atoms with Crippen LogP contribution < -0.4 is 0 Å². The summed E-state index contributed by atoms with van der Waals surface area (Å²) in [5.41, 5.74) is 0.895. The fraction of sp³-hybridized carbons (Fsp3) is 0. The van der Waals surface area contributed by atoms with Crippen LogP contribution >= 0.6 is 0 Å². The molecule has 2 heteroatoms. The number of rotatable bonds is 1. The molecule has 2 aromatic rings. The van der Waals surface area contributed by atoms with Gasteiger partial charge in [-0.2, -0.15) is 0 Å². The van der Waals surface area contributed by atoms with E-state index in [1.807, 2.05) is 0 Å². The molecule has 0 heterocycles. The van der Waals surface area contributed by atoms with Gasteiger partial charge in [0.15, 0.2) is 0 Å². The molecule has 0 saturated heterocycles. The van der Waals surface area contributed by atoms with E-state index in [9.17, 15) is 8.78 Å². The topological polar surface area (TPSA) is 0 Å². The summed E-state index contributed by atoms with van der Waals surface area (Å²) in [6, 6.07) is 13.0. The third-order valence-corrected chi connectivity index (χ3v) is 1.94. The van der Waals surface area contributed by atoms with Crippen LogP contribution in [0.2, 0.25) is 0 Å². The van der Waals surface area contributed by atoms with Crippen molar-refractivity contribution in [1.29, 1.82) is 0 Å². The summed E-state index contributed by atoms with van der Waals surface area (Å²) in [4.78, 5) is 0. The highest BCUT2D eigenvalue weighted by Gasteiger charge is 2.03. The first kappa shape index (κ1) is 8.88. The predicted octanol–water partition coefficient (Wildman–Crippen LogP) is 3.43. The molecule has 0 bridgehead atoms. The van der Waals surface area contributed by atoms with E-state index in [2.05, 4.69) is 6.07 Å². The molecule has 0 unspecified atom stereocenters. The fourth-order valence-electron chi connectivity index (χ4n) is 1.30. The van der Waals surface area contributed by atoms with Gasteiger partial charge in [0.05, 0.1) is 0 Å². The highest BCUT2D eigenvalue weighted by atomic mass is 19.1. The molecule has 0 aliphatic rings. The summed E-state index contributed by atoms with van der Waals surface area (Å²) in [7, 11) is 0. The summed E-state index contributed by atoms with van der Waals surface area (Å²) in [6.07, 6.45) is 0. The smallest absolute Gasteiger partial charge is 0.138 e. The normalized spacial score (nSPS) is 10.1. The highest BCUT2D eigenvalue weighted by molar-refractivity contribution is 5.63. The van der Waals surface area contributed by atoms with Crippen molar-refractivity contribution < 1.29 is 8.78 Å². The maximum Gasteiger partial charge on any atom is 0.138 e. The maximum absolute atomic E-state index is 13.2. The Balaban J connectivity index is 2.55. The molecule has 0 atom stereocenters. The van der Waals surface area contributed by atoms with Gasteiger partial charge in [-0.1, -0.05) is 30.3 Å². The van der Waals surface area contributed by atoms with Crippen molar-refractivity contribution in [1.82, 2.24) is 0 Å². The van der Waals surface area contributed by atoms with Crippen molar-refractivity contribution >= 4 is 0 Å². The molecule has 0 N–H and O–H groups in total. The van der Waals surface area contributed by atoms with Gasteiger partial charge in [0.25, 0.3) is 0 Å². The van der Waals surface area contributed by atoms with Gasteiger partial charge >= 0.3 is 0 Å². The van der Waals surface area contributed by atoms with E-state index >= 15 is 0 Å². The van der Waals surface area contributed by atoms with Gasteiger partial charge < -0.3 is 0 Å². The minimum Gasteiger partial charge on any atom is -0.207 e. The molecule has 0 aliphatic heterocycles. The maximum atomic E-state index is 13.2. The lowest BCUT2D eigenvalue weighted by molar-refractivity contribution is 0.624. The van der Waals surface area contributed by atoms with Crippen LogP contribution in [0.25, 0.3) is 11.1 Å². The van der Waals surface area contributed by atoms with Crippen LogP contribution in [0.5, 0.6) is 0 Å². The molecule has 2 rings (SSSR count). The zero-order valence-corrected chi connectivity index (χ0v) is 7.30. The fourth-order valence-corrected chi connectivity index (χ4v) is 1.30. The Morgan fingerprint density at radius 3 is 2.57 bits per heavy atom. The molecule has 0 aromatic heterocycles. The minimum absolute atomic E-state index is 0.368. The van der Waals surface area contributed by atoms with Crippen LogP contribution in [0.4, 0.5) is 8.78 Å². The van der Waals surface area contributed by atoms with Crippen LogP contribution in [0, 0.1) is 17.7 Å².